The summed E-state index contributed by atoms with van der Waals surface area (Å²) < 4.78 is 10.4. The zero-order chi connectivity index (χ0) is 15.2. The number of aliphatic carboxylic acids is 1. The lowest BCUT2D eigenvalue weighted by Crippen LogP contribution is -2.35. The van der Waals surface area contributed by atoms with Crippen LogP contribution in [-0.2, 0) is 11.3 Å². The summed E-state index contributed by atoms with van der Waals surface area (Å²) in [5.74, 6) is 0.285. The van der Waals surface area contributed by atoms with E-state index < -0.39 is 5.97 Å². The quantitative estimate of drug-likeness (QED) is 0.787. The summed E-state index contributed by atoms with van der Waals surface area (Å²) >= 11 is 0. The normalized spacial score (nSPS) is 11.4. The van der Waals surface area contributed by atoms with Crippen LogP contribution in [0.25, 0.3) is 11.5 Å². The van der Waals surface area contributed by atoms with Crippen LogP contribution in [0, 0.1) is 0 Å². The Kier molecular flexibility index (Phi) is 5.13. The zero-order valence-electron chi connectivity index (χ0n) is 12.2. The predicted molar refractivity (Wildman–Crippen MR) is 75.7 cm³/mol. The molecular weight excluding hydrogens is 274 g/mol. The summed E-state index contributed by atoms with van der Waals surface area (Å²) in [6.07, 6.45) is 1.56. The molecule has 2 rings (SSSR count). The van der Waals surface area contributed by atoms with Crippen LogP contribution in [0.1, 0.15) is 5.69 Å². The number of aromatic nitrogens is 1. The number of carboxylic acids is 1. The molecule has 0 aliphatic heterocycles. The number of furan rings is 1. The summed E-state index contributed by atoms with van der Waals surface area (Å²) in [7, 11) is 3.90. The Hall–Kier alpha value is -2.12. The maximum atomic E-state index is 10.9. The van der Waals surface area contributed by atoms with Crippen LogP contribution < -0.4 is 0 Å². The second-order valence-electron chi connectivity index (χ2n) is 5.07. The number of nitrogens with zero attached hydrogens (tertiary/aromatic N) is 3. The van der Waals surface area contributed by atoms with Crippen molar-refractivity contribution in [3.8, 4) is 11.5 Å². The summed E-state index contributed by atoms with van der Waals surface area (Å²) in [6, 6.07) is 5.32. The third-order valence-electron chi connectivity index (χ3n) is 2.93. The summed E-state index contributed by atoms with van der Waals surface area (Å²) in [5, 5.41) is 12.9. The van der Waals surface area contributed by atoms with E-state index in [2.05, 4.69) is 5.16 Å². The molecule has 0 atom stereocenters. The predicted octanol–water partition coefficient (Wildman–Crippen LogP) is 1.38. The first-order valence-corrected chi connectivity index (χ1v) is 6.63. The second kappa shape index (κ2) is 7.05. The van der Waals surface area contributed by atoms with Gasteiger partial charge in [0.2, 0.25) is 5.76 Å². The van der Waals surface area contributed by atoms with Crippen LogP contribution in [0.3, 0.4) is 0 Å². The summed E-state index contributed by atoms with van der Waals surface area (Å²) in [4.78, 5) is 14.7. The first-order valence-electron chi connectivity index (χ1n) is 6.63. The molecule has 2 aromatic rings. The van der Waals surface area contributed by atoms with Crippen molar-refractivity contribution in [2.24, 2.45) is 0 Å². The largest absolute Gasteiger partial charge is 0.480 e. The molecule has 0 spiro atoms. The van der Waals surface area contributed by atoms with Gasteiger partial charge in [-0.25, -0.2) is 0 Å². The van der Waals surface area contributed by atoms with Crippen molar-refractivity contribution >= 4 is 5.97 Å². The van der Waals surface area contributed by atoms with Gasteiger partial charge in [-0.3, -0.25) is 9.69 Å². The average Bonchev–Trinajstić information content (AvgIpc) is 3.05. The van der Waals surface area contributed by atoms with Crippen LogP contribution in [0.2, 0.25) is 0 Å². The SMILES string of the molecule is CN(C)CCN(CC(=O)O)Cc1cc(-c2ccco2)on1. The van der Waals surface area contributed by atoms with Gasteiger partial charge in [0, 0.05) is 25.7 Å². The minimum atomic E-state index is -0.858. The van der Waals surface area contributed by atoms with Gasteiger partial charge >= 0.3 is 5.97 Å². The number of carboxylic acid groups (broad SMARTS) is 1. The van der Waals surface area contributed by atoms with Gasteiger partial charge in [-0.05, 0) is 26.2 Å². The molecule has 0 saturated heterocycles. The highest BCUT2D eigenvalue weighted by molar-refractivity contribution is 5.69. The minimum Gasteiger partial charge on any atom is -0.480 e. The first kappa shape index (κ1) is 15.3. The Labute approximate surface area is 122 Å². The van der Waals surface area contributed by atoms with Gasteiger partial charge in [-0.1, -0.05) is 5.16 Å². The topological polar surface area (TPSA) is 83.0 Å². The number of hydrogen-bond donors (Lipinski definition) is 1. The number of likely N-dealkylation sites (N-methyl/N-ethyl adjacent to an activating group) is 1. The van der Waals surface area contributed by atoms with E-state index >= 15 is 0 Å². The van der Waals surface area contributed by atoms with Crippen LogP contribution >= 0.6 is 0 Å². The molecule has 0 aliphatic carbocycles. The maximum absolute atomic E-state index is 10.9. The van der Waals surface area contributed by atoms with Gasteiger partial charge in [0.15, 0.2) is 5.76 Å². The molecular formula is C14H19N3O4. The lowest BCUT2D eigenvalue weighted by Gasteiger charge is -2.20. The Balaban J connectivity index is 2.00. The van der Waals surface area contributed by atoms with Crippen LogP contribution in [0.5, 0.6) is 0 Å². The Morgan fingerprint density at radius 2 is 2.14 bits per heavy atom. The van der Waals surface area contributed by atoms with E-state index in [-0.39, 0.29) is 6.54 Å². The molecule has 0 radical (unpaired) electrons. The lowest BCUT2D eigenvalue weighted by atomic mass is 10.3. The van der Waals surface area contributed by atoms with Gasteiger partial charge in [-0.15, -0.1) is 0 Å². The van der Waals surface area contributed by atoms with E-state index in [1.165, 1.54) is 0 Å². The molecule has 0 aromatic carbocycles. The van der Waals surface area contributed by atoms with Crippen molar-refractivity contribution in [3.05, 3.63) is 30.2 Å². The second-order valence-corrected chi connectivity index (χ2v) is 5.07. The molecule has 2 aromatic heterocycles. The molecule has 0 aliphatic rings. The van der Waals surface area contributed by atoms with Crippen molar-refractivity contribution in [1.29, 1.82) is 0 Å². The van der Waals surface area contributed by atoms with E-state index in [1.54, 1.807) is 24.5 Å². The maximum Gasteiger partial charge on any atom is 0.317 e. The third kappa shape index (κ3) is 4.73. The smallest absolute Gasteiger partial charge is 0.317 e. The van der Waals surface area contributed by atoms with Crippen molar-refractivity contribution < 1.29 is 18.8 Å². The van der Waals surface area contributed by atoms with Gasteiger partial charge in [-0.2, -0.15) is 0 Å². The van der Waals surface area contributed by atoms with E-state index in [4.69, 9.17) is 14.0 Å². The highest BCUT2D eigenvalue weighted by atomic mass is 16.5. The molecule has 1 N–H and O–H groups in total. The Morgan fingerprint density at radius 3 is 2.76 bits per heavy atom. The summed E-state index contributed by atoms with van der Waals surface area (Å²) in [5.41, 5.74) is 0.682. The van der Waals surface area contributed by atoms with Gasteiger partial charge in [0.1, 0.15) is 0 Å². The average molecular weight is 293 g/mol. The van der Waals surface area contributed by atoms with E-state index in [0.29, 0.717) is 30.3 Å². The van der Waals surface area contributed by atoms with Gasteiger partial charge in [0.25, 0.3) is 0 Å². The molecule has 7 heteroatoms. The first-order chi connectivity index (χ1) is 10.0. The fourth-order valence-electron chi connectivity index (χ4n) is 1.90. The number of carbonyl (C=O) groups is 1. The molecule has 0 bridgehead atoms. The zero-order valence-corrected chi connectivity index (χ0v) is 12.2. The minimum absolute atomic E-state index is 0.0310. The highest BCUT2D eigenvalue weighted by Gasteiger charge is 2.15. The molecule has 7 nitrogen and oxygen atoms in total. The van der Waals surface area contributed by atoms with Crippen LogP contribution in [0.4, 0.5) is 0 Å². The molecule has 21 heavy (non-hydrogen) atoms. The van der Waals surface area contributed by atoms with Crippen molar-refractivity contribution in [2.75, 3.05) is 33.7 Å². The lowest BCUT2D eigenvalue weighted by molar-refractivity contribution is -0.138. The van der Waals surface area contributed by atoms with Gasteiger partial charge in [0.05, 0.1) is 18.5 Å². The Bertz CT molecular complexity index is 563. The molecule has 0 amide bonds. The molecule has 0 fully saturated rings. The van der Waals surface area contributed by atoms with Gasteiger partial charge < -0.3 is 18.9 Å². The van der Waals surface area contributed by atoms with Crippen LogP contribution in [0.15, 0.2) is 33.4 Å². The van der Waals surface area contributed by atoms with Crippen molar-refractivity contribution in [2.45, 2.75) is 6.54 Å². The monoisotopic (exact) mass is 293 g/mol. The van der Waals surface area contributed by atoms with Crippen LogP contribution in [-0.4, -0.2) is 59.8 Å². The standard InChI is InChI=1S/C14H19N3O4/c1-16(2)5-6-17(10-14(18)19)9-11-8-13(21-15-11)12-4-3-7-20-12/h3-4,7-8H,5-6,9-10H2,1-2H3,(H,18,19). The Morgan fingerprint density at radius 1 is 1.33 bits per heavy atom. The highest BCUT2D eigenvalue weighted by Crippen LogP contribution is 2.21. The van der Waals surface area contributed by atoms with Crippen molar-refractivity contribution in [1.82, 2.24) is 15.0 Å². The molecule has 2 heterocycles. The van der Waals surface area contributed by atoms with E-state index in [1.807, 2.05) is 23.9 Å². The molecule has 0 saturated carbocycles. The molecule has 114 valence electrons. The van der Waals surface area contributed by atoms with Crippen molar-refractivity contribution in [3.63, 3.8) is 0 Å². The van der Waals surface area contributed by atoms with E-state index in [9.17, 15) is 4.79 Å². The molecule has 0 unspecified atom stereocenters. The fourth-order valence-corrected chi connectivity index (χ4v) is 1.90. The third-order valence-corrected chi connectivity index (χ3v) is 2.93. The number of hydrogen-bond acceptors (Lipinski definition) is 6. The summed E-state index contributed by atoms with van der Waals surface area (Å²) in [6.45, 7) is 1.81. The fraction of sp³-hybridized carbons (Fsp3) is 0.429. The van der Waals surface area contributed by atoms with E-state index in [0.717, 1.165) is 6.54 Å². The number of rotatable bonds is 8.